The molecule has 5 heteroatoms. The Morgan fingerprint density at radius 1 is 0.853 bits per heavy atom. The molecule has 1 unspecified atom stereocenters. The number of ketones is 1. The van der Waals surface area contributed by atoms with Crippen LogP contribution in [0.1, 0.15) is 73.5 Å². The molecule has 1 saturated heterocycles. The van der Waals surface area contributed by atoms with E-state index in [2.05, 4.69) is 32.7 Å². The lowest BCUT2D eigenvalue weighted by atomic mass is 9.92. The van der Waals surface area contributed by atoms with Gasteiger partial charge in [-0.15, -0.1) is 0 Å². The van der Waals surface area contributed by atoms with Crippen molar-refractivity contribution in [3.05, 3.63) is 100 Å². The lowest BCUT2D eigenvalue weighted by Crippen LogP contribution is -2.29. The summed E-state index contributed by atoms with van der Waals surface area (Å²) in [7, 11) is 0. The van der Waals surface area contributed by atoms with Crippen LogP contribution in [0.3, 0.4) is 0 Å². The van der Waals surface area contributed by atoms with Gasteiger partial charge in [0, 0.05) is 11.3 Å². The molecule has 3 aromatic rings. The fourth-order valence-corrected chi connectivity index (χ4v) is 4.25. The summed E-state index contributed by atoms with van der Waals surface area (Å²) in [6, 6.07) is 17.8. The van der Waals surface area contributed by atoms with Crippen LogP contribution >= 0.6 is 0 Å². The van der Waals surface area contributed by atoms with E-state index in [9.17, 15) is 14.7 Å². The van der Waals surface area contributed by atoms with Gasteiger partial charge in [-0.1, -0.05) is 82.0 Å². The first-order valence-corrected chi connectivity index (χ1v) is 11.6. The lowest BCUT2D eigenvalue weighted by Gasteiger charge is -2.27. The number of pyridine rings is 1. The highest BCUT2D eigenvalue weighted by Crippen LogP contribution is 2.41. The minimum Gasteiger partial charge on any atom is -0.872 e. The van der Waals surface area contributed by atoms with Crippen molar-refractivity contribution in [3.8, 4) is 0 Å². The molecule has 34 heavy (non-hydrogen) atoms. The van der Waals surface area contributed by atoms with E-state index in [4.69, 9.17) is 0 Å². The summed E-state index contributed by atoms with van der Waals surface area (Å²) in [5, 5.41) is 13.6. The normalized spacial score (nSPS) is 17.7. The Morgan fingerprint density at radius 2 is 1.41 bits per heavy atom. The Labute approximate surface area is 200 Å². The first kappa shape index (κ1) is 23.4. The molecule has 1 aliphatic rings. The molecule has 1 aliphatic heterocycles. The predicted molar refractivity (Wildman–Crippen MR) is 132 cm³/mol. The zero-order valence-corrected chi connectivity index (χ0v) is 20.2. The van der Waals surface area contributed by atoms with E-state index < -0.39 is 23.5 Å². The number of Topliss-reactive ketones (excluding diaryl/α,β-unsaturated/α-hetero) is 1. The van der Waals surface area contributed by atoms with Crippen molar-refractivity contribution in [1.29, 1.82) is 0 Å². The number of carbonyl (C=O) groups is 2. The van der Waals surface area contributed by atoms with E-state index in [1.54, 1.807) is 30.5 Å². The zero-order chi connectivity index (χ0) is 24.6. The molecule has 0 N–H and O–H groups in total. The molecule has 174 valence electrons. The van der Waals surface area contributed by atoms with Gasteiger partial charge in [-0.25, -0.2) is 0 Å². The van der Waals surface area contributed by atoms with Gasteiger partial charge in [0.25, 0.3) is 5.91 Å². The highest BCUT2D eigenvalue weighted by Gasteiger charge is 2.45. The monoisotopic (exact) mass is 453 g/mol. The van der Waals surface area contributed by atoms with Crippen molar-refractivity contribution in [2.24, 2.45) is 0 Å². The fourth-order valence-electron chi connectivity index (χ4n) is 4.25. The van der Waals surface area contributed by atoms with E-state index in [-0.39, 0.29) is 5.57 Å². The number of hydrogen-bond donors (Lipinski definition) is 0. The number of aryl methyl sites for hydroxylation is 1. The second kappa shape index (κ2) is 9.26. The van der Waals surface area contributed by atoms with Gasteiger partial charge in [0.1, 0.15) is 0 Å². The minimum atomic E-state index is -0.817. The molecule has 2 aromatic carbocycles. The molecule has 1 atom stereocenters. The summed E-state index contributed by atoms with van der Waals surface area (Å²) < 4.78 is 0. The Hall–Kier alpha value is -3.73. The van der Waals surface area contributed by atoms with Crippen LogP contribution in [0.15, 0.2) is 72.4 Å². The van der Waals surface area contributed by atoms with E-state index in [1.165, 1.54) is 4.90 Å². The standard InChI is InChI=1S/C29H30N2O3/c1-17(2)20-7-11-22(12-8-20)26-25(27(32)23-13-9-21(10-14-23)18(3)4)28(33)29(34)31(26)24-15-6-19(5)30-16-24/h6-18,26,32H,1-5H3/p-1. The van der Waals surface area contributed by atoms with Crippen LogP contribution in [0, 0.1) is 6.92 Å². The Balaban J connectivity index is 1.89. The number of benzene rings is 2. The lowest BCUT2D eigenvalue weighted by molar-refractivity contribution is -0.245. The van der Waals surface area contributed by atoms with Crippen LogP contribution in [-0.2, 0) is 9.59 Å². The highest BCUT2D eigenvalue weighted by molar-refractivity contribution is 6.51. The van der Waals surface area contributed by atoms with Gasteiger partial charge in [-0.3, -0.25) is 19.5 Å². The second-order valence-electron chi connectivity index (χ2n) is 9.41. The third-order valence-corrected chi connectivity index (χ3v) is 6.37. The number of rotatable bonds is 5. The summed E-state index contributed by atoms with van der Waals surface area (Å²) >= 11 is 0. The summed E-state index contributed by atoms with van der Waals surface area (Å²) in [4.78, 5) is 32.2. The maximum atomic E-state index is 13.6. The molecule has 0 spiro atoms. The van der Waals surface area contributed by atoms with Crippen molar-refractivity contribution in [2.75, 3.05) is 4.90 Å². The molecule has 1 fully saturated rings. The topological polar surface area (TPSA) is 73.3 Å². The Morgan fingerprint density at radius 3 is 1.91 bits per heavy atom. The Kier molecular flexibility index (Phi) is 6.38. The van der Waals surface area contributed by atoms with Gasteiger partial charge in [-0.05, 0) is 53.1 Å². The first-order chi connectivity index (χ1) is 16.2. The average Bonchev–Trinajstić information content (AvgIpc) is 3.09. The number of amides is 1. The maximum Gasteiger partial charge on any atom is 0.299 e. The van der Waals surface area contributed by atoms with Crippen molar-refractivity contribution in [2.45, 2.75) is 52.5 Å². The molecule has 0 bridgehead atoms. The zero-order valence-electron chi connectivity index (χ0n) is 20.2. The summed E-state index contributed by atoms with van der Waals surface area (Å²) in [5.74, 6) is -1.25. The van der Waals surface area contributed by atoms with E-state index in [0.29, 0.717) is 28.7 Å². The molecular formula is C29H29N2O3-. The summed E-state index contributed by atoms with van der Waals surface area (Å²) in [6.45, 7) is 10.2. The molecular weight excluding hydrogens is 424 g/mol. The van der Waals surface area contributed by atoms with Crippen LogP contribution < -0.4 is 10.0 Å². The van der Waals surface area contributed by atoms with E-state index in [1.807, 2.05) is 43.3 Å². The van der Waals surface area contributed by atoms with Crippen LogP contribution in [0.25, 0.3) is 5.76 Å². The summed E-state index contributed by atoms with van der Waals surface area (Å²) in [6.07, 6.45) is 1.57. The smallest absolute Gasteiger partial charge is 0.299 e. The van der Waals surface area contributed by atoms with Crippen molar-refractivity contribution in [1.82, 2.24) is 4.98 Å². The van der Waals surface area contributed by atoms with Crippen molar-refractivity contribution in [3.63, 3.8) is 0 Å². The molecule has 1 aromatic heterocycles. The van der Waals surface area contributed by atoms with Crippen LogP contribution in [0.2, 0.25) is 0 Å². The number of nitrogens with zero attached hydrogens (tertiary/aromatic N) is 2. The molecule has 0 aliphatic carbocycles. The minimum absolute atomic E-state index is 0.0276. The van der Waals surface area contributed by atoms with E-state index in [0.717, 1.165) is 16.8 Å². The van der Waals surface area contributed by atoms with Gasteiger partial charge in [0.2, 0.25) is 5.78 Å². The maximum absolute atomic E-state index is 13.6. The van der Waals surface area contributed by atoms with Crippen LogP contribution in [0.5, 0.6) is 0 Å². The SMILES string of the molecule is Cc1ccc(N2C(=O)C(=O)C(=C([O-])c3ccc(C(C)C)cc3)C2c2ccc(C(C)C)cc2)cn1. The summed E-state index contributed by atoms with van der Waals surface area (Å²) in [5.41, 5.74) is 4.60. The van der Waals surface area contributed by atoms with Crippen molar-refractivity contribution >= 4 is 23.1 Å². The van der Waals surface area contributed by atoms with Crippen molar-refractivity contribution < 1.29 is 14.7 Å². The molecule has 0 saturated carbocycles. The highest BCUT2D eigenvalue weighted by atomic mass is 16.3. The van der Waals surface area contributed by atoms with Gasteiger partial charge in [-0.2, -0.15) is 0 Å². The number of carbonyl (C=O) groups excluding carboxylic acids is 2. The number of anilines is 1. The average molecular weight is 454 g/mol. The van der Waals surface area contributed by atoms with Gasteiger partial charge in [0.15, 0.2) is 0 Å². The van der Waals surface area contributed by atoms with E-state index >= 15 is 0 Å². The molecule has 4 rings (SSSR count). The quantitative estimate of drug-likeness (QED) is 0.307. The first-order valence-electron chi connectivity index (χ1n) is 11.6. The molecule has 2 heterocycles. The molecule has 0 radical (unpaired) electrons. The van der Waals surface area contributed by atoms with Gasteiger partial charge in [0.05, 0.1) is 17.9 Å². The Bertz CT molecular complexity index is 1240. The number of hydrogen-bond acceptors (Lipinski definition) is 4. The largest absolute Gasteiger partial charge is 0.872 e. The predicted octanol–water partition coefficient (Wildman–Crippen LogP) is 5.07. The molecule has 5 nitrogen and oxygen atoms in total. The third-order valence-electron chi connectivity index (χ3n) is 6.37. The number of aromatic nitrogens is 1. The molecule has 1 amide bonds. The fraction of sp³-hybridized carbons (Fsp3) is 0.276. The van der Waals surface area contributed by atoms with Crippen LogP contribution in [-0.4, -0.2) is 16.7 Å². The third kappa shape index (κ3) is 4.26. The van der Waals surface area contributed by atoms with Gasteiger partial charge >= 0.3 is 0 Å². The van der Waals surface area contributed by atoms with Gasteiger partial charge < -0.3 is 5.11 Å². The van der Waals surface area contributed by atoms with Crippen LogP contribution in [0.4, 0.5) is 5.69 Å². The second-order valence-corrected chi connectivity index (χ2v) is 9.41.